The van der Waals surface area contributed by atoms with Crippen LogP contribution < -0.4 is 0 Å². The van der Waals surface area contributed by atoms with Crippen LogP contribution in [-0.4, -0.2) is 37.2 Å². The van der Waals surface area contributed by atoms with Crippen molar-refractivity contribution in [3.63, 3.8) is 0 Å². The Hall–Kier alpha value is -4.97. The van der Waals surface area contributed by atoms with Gasteiger partial charge in [0.05, 0.1) is 0 Å². The van der Waals surface area contributed by atoms with E-state index in [1.807, 2.05) is 0 Å². The van der Waals surface area contributed by atoms with Gasteiger partial charge in [0, 0.05) is 19.3 Å². The van der Waals surface area contributed by atoms with Gasteiger partial charge in [0.25, 0.3) is 0 Å². The molecule has 0 amide bonds. The number of ether oxygens (including phenoxy) is 3. The lowest BCUT2D eigenvalue weighted by Gasteiger charge is -2.18. The molecule has 468 valence electrons. The molecule has 6 nitrogen and oxygen atoms in total. The minimum Gasteiger partial charge on any atom is -0.462 e. The first kappa shape index (κ1) is 78.0. The molecule has 0 aliphatic carbocycles. The fourth-order valence-electron chi connectivity index (χ4n) is 9.05. The quantitative estimate of drug-likeness (QED) is 0.0261. The van der Waals surface area contributed by atoms with Gasteiger partial charge in [-0.25, -0.2) is 0 Å². The molecule has 83 heavy (non-hydrogen) atoms. The van der Waals surface area contributed by atoms with Crippen LogP contribution in [0.1, 0.15) is 290 Å². The highest BCUT2D eigenvalue weighted by atomic mass is 16.6. The van der Waals surface area contributed by atoms with E-state index in [1.165, 1.54) is 96.3 Å². The number of carbonyl (C=O) groups excluding carboxylic acids is 3. The van der Waals surface area contributed by atoms with Crippen molar-refractivity contribution < 1.29 is 28.6 Å². The van der Waals surface area contributed by atoms with Gasteiger partial charge < -0.3 is 14.2 Å². The molecule has 0 aliphatic heterocycles. The summed E-state index contributed by atoms with van der Waals surface area (Å²) in [7, 11) is 0. The molecule has 0 saturated carbocycles. The number of hydrogen-bond acceptors (Lipinski definition) is 6. The van der Waals surface area contributed by atoms with E-state index in [2.05, 4.69) is 179 Å². The average Bonchev–Trinajstić information content (AvgIpc) is 3.49. The van der Waals surface area contributed by atoms with Gasteiger partial charge >= 0.3 is 17.9 Å². The third-order valence-corrected chi connectivity index (χ3v) is 14.0. The highest BCUT2D eigenvalue weighted by Gasteiger charge is 2.19. The predicted molar refractivity (Wildman–Crippen MR) is 362 cm³/mol. The standard InChI is InChI=1S/C77H124O6/c1-4-7-10-13-16-19-22-25-28-30-31-32-33-34-35-36-37-38-39-40-41-42-43-44-45-47-49-52-55-58-61-64-67-70-76(79)82-73-74(72-81-75(78)69-66-63-60-57-54-51-48-27-24-21-18-15-12-9-6-3)83-77(80)71-68-65-62-59-56-53-50-46-29-26-23-20-17-14-11-8-5-2/h7-12,16-21,25-29,31-32,34-35,48,50,53,59,62,74H,4-6,13-15,22-24,30,33,36-47,49,51-52,54-58,60-61,63-73H2,1-3H3/b10-7-,11-8-,12-9-,19-16-,20-17-,21-18-,28-25-,29-26-,32-31-,35-34-,48-27-,53-50-,62-59-. The molecule has 0 aromatic carbocycles. The largest absolute Gasteiger partial charge is 0.462 e. The minimum atomic E-state index is -0.822. The smallest absolute Gasteiger partial charge is 0.306 e. The maximum atomic E-state index is 12.9. The van der Waals surface area contributed by atoms with Crippen molar-refractivity contribution in [1.82, 2.24) is 0 Å². The van der Waals surface area contributed by atoms with E-state index in [1.54, 1.807) is 0 Å². The molecule has 0 rings (SSSR count). The maximum absolute atomic E-state index is 12.9. The van der Waals surface area contributed by atoms with Crippen LogP contribution in [0, 0.1) is 0 Å². The van der Waals surface area contributed by atoms with Crippen molar-refractivity contribution in [2.45, 2.75) is 297 Å². The molecule has 0 saturated heterocycles. The molecule has 6 heteroatoms. The average molecular weight is 1150 g/mol. The number of allylic oxidation sites excluding steroid dienone is 26. The lowest BCUT2D eigenvalue weighted by atomic mass is 10.0. The summed E-state index contributed by atoms with van der Waals surface area (Å²) in [5.41, 5.74) is 0. The first-order chi connectivity index (χ1) is 41.0. The number of unbranched alkanes of at least 4 members (excludes halogenated alkanes) is 23. The summed E-state index contributed by atoms with van der Waals surface area (Å²) in [5, 5.41) is 0. The van der Waals surface area contributed by atoms with Gasteiger partial charge in [-0.2, -0.15) is 0 Å². The fourth-order valence-corrected chi connectivity index (χ4v) is 9.05. The van der Waals surface area contributed by atoms with Crippen molar-refractivity contribution >= 4 is 17.9 Å². The number of hydrogen-bond donors (Lipinski definition) is 0. The van der Waals surface area contributed by atoms with Crippen molar-refractivity contribution in [1.29, 1.82) is 0 Å². The van der Waals surface area contributed by atoms with Crippen LogP contribution in [-0.2, 0) is 28.6 Å². The summed E-state index contributed by atoms with van der Waals surface area (Å²) in [4.78, 5) is 38.3. The van der Waals surface area contributed by atoms with Crippen LogP contribution >= 0.6 is 0 Å². The third kappa shape index (κ3) is 67.7. The molecule has 0 bridgehead atoms. The Labute approximate surface area is 511 Å². The van der Waals surface area contributed by atoms with E-state index in [9.17, 15) is 14.4 Å². The van der Waals surface area contributed by atoms with E-state index < -0.39 is 6.10 Å². The first-order valence-electron chi connectivity index (χ1n) is 34.0. The molecule has 0 aromatic rings. The zero-order valence-electron chi connectivity index (χ0n) is 53.7. The Kier molecular flexibility index (Phi) is 65.4. The molecule has 0 radical (unpaired) electrons. The van der Waals surface area contributed by atoms with E-state index in [0.29, 0.717) is 19.3 Å². The van der Waals surface area contributed by atoms with E-state index in [-0.39, 0.29) is 37.5 Å². The minimum absolute atomic E-state index is 0.110. The van der Waals surface area contributed by atoms with Crippen molar-refractivity contribution in [2.75, 3.05) is 13.2 Å². The van der Waals surface area contributed by atoms with Crippen LogP contribution in [0.15, 0.2) is 158 Å². The zero-order chi connectivity index (χ0) is 59.9. The molecular formula is C77H124O6. The van der Waals surface area contributed by atoms with Gasteiger partial charge in [-0.05, 0) is 135 Å². The molecule has 0 fully saturated rings. The van der Waals surface area contributed by atoms with Crippen LogP contribution in [0.5, 0.6) is 0 Å². The molecule has 0 aromatic heterocycles. The summed E-state index contributed by atoms with van der Waals surface area (Å²) >= 11 is 0. The summed E-state index contributed by atoms with van der Waals surface area (Å²) in [6.45, 7) is 6.25. The van der Waals surface area contributed by atoms with Crippen LogP contribution in [0.3, 0.4) is 0 Å². The Morgan fingerprint density at radius 3 is 0.711 bits per heavy atom. The summed E-state index contributed by atoms with van der Waals surface area (Å²) in [6, 6.07) is 0. The Balaban J connectivity index is 4.29. The lowest BCUT2D eigenvalue weighted by molar-refractivity contribution is -0.167. The zero-order valence-corrected chi connectivity index (χ0v) is 53.7. The second-order valence-corrected chi connectivity index (χ2v) is 21.9. The Bertz CT molecular complexity index is 1840. The van der Waals surface area contributed by atoms with Gasteiger partial charge in [0.2, 0.25) is 0 Å². The normalized spacial score (nSPS) is 13.1. The van der Waals surface area contributed by atoms with Crippen LogP contribution in [0.4, 0.5) is 0 Å². The molecule has 1 unspecified atom stereocenters. The van der Waals surface area contributed by atoms with E-state index >= 15 is 0 Å². The molecular weight excluding hydrogens is 1020 g/mol. The van der Waals surface area contributed by atoms with Crippen LogP contribution in [0.2, 0.25) is 0 Å². The topological polar surface area (TPSA) is 78.9 Å². The van der Waals surface area contributed by atoms with Gasteiger partial charge in [0.15, 0.2) is 6.10 Å². The summed E-state index contributed by atoms with van der Waals surface area (Å²) < 4.78 is 16.9. The van der Waals surface area contributed by atoms with Gasteiger partial charge in [-0.1, -0.05) is 294 Å². The third-order valence-electron chi connectivity index (χ3n) is 14.0. The predicted octanol–water partition coefficient (Wildman–Crippen LogP) is 23.7. The summed E-state index contributed by atoms with van der Waals surface area (Å²) in [6.07, 6.45) is 101. The van der Waals surface area contributed by atoms with Gasteiger partial charge in [-0.3, -0.25) is 14.4 Å². The van der Waals surface area contributed by atoms with E-state index in [4.69, 9.17) is 14.2 Å². The SMILES string of the molecule is CC/C=C\C/C=C\C/C=C\C/C=C\C/C=C\CCCCCCCCCCCCCCCCCCCC(=O)OCC(COC(=O)CCCCCCC/C=C\C/C=C\C/C=C\CC)OC(=O)CCC/C=C\C/C=C\C/C=C\C/C=C\C/C=C\CC. The number of rotatable bonds is 60. The first-order valence-corrected chi connectivity index (χ1v) is 34.0. The number of carbonyl (C=O) groups is 3. The van der Waals surface area contributed by atoms with E-state index in [0.717, 1.165) is 148 Å². The molecule has 0 heterocycles. The second-order valence-electron chi connectivity index (χ2n) is 21.9. The Morgan fingerprint density at radius 1 is 0.241 bits per heavy atom. The maximum Gasteiger partial charge on any atom is 0.306 e. The van der Waals surface area contributed by atoms with Crippen LogP contribution in [0.25, 0.3) is 0 Å². The van der Waals surface area contributed by atoms with Gasteiger partial charge in [-0.15, -0.1) is 0 Å². The highest BCUT2D eigenvalue weighted by molar-refractivity contribution is 5.71. The van der Waals surface area contributed by atoms with Crippen molar-refractivity contribution in [3.8, 4) is 0 Å². The Morgan fingerprint density at radius 2 is 0.446 bits per heavy atom. The van der Waals surface area contributed by atoms with Crippen molar-refractivity contribution in [3.05, 3.63) is 158 Å². The molecule has 0 spiro atoms. The lowest BCUT2D eigenvalue weighted by Crippen LogP contribution is -2.30. The van der Waals surface area contributed by atoms with Gasteiger partial charge in [0.1, 0.15) is 13.2 Å². The highest BCUT2D eigenvalue weighted by Crippen LogP contribution is 2.16. The molecule has 1 atom stereocenters. The summed E-state index contributed by atoms with van der Waals surface area (Å²) in [5.74, 6) is -0.985. The van der Waals surface area contributed by atoms with Crippen molar-refractivity contribution in [2.24, 2.45) is 0 Å². The fraction of sp³-hybridized carbons (Fsp3) is 0.623. The second kappa shape index (κ2) is 69.5. The molecule has 0 aliphatic rings. The molecule has 0 N–H and O–H groups in total. The number of esters is 3. The monoisotopic (exact) mass is 1140 g/mol.